The van der Waals surface area contributed by atoms with Gasteiger partial charge in [0.05, 0.1) is 0 Å². The summed E-state index contributed by atoms with van der Waals surface area (Å²) in [4.78, 5) is 3.97. The third-order valence-electron chi connectivity index (χ3n) is 0.610. The lowest BCUT2D eigenvalue weighted by Crippen LogP contribution is -2.19. The maximum absolute atomic E-state index is 11.7. The van der Waals surface area contributed by atoms with Crippen LogP contribution in [0.2, 0.25) is 0 Å². The third kappa shape index (κ3) is 2.95. The molecule has 0 aromatic heterocycles. The first-order valence-electron chi connectivity index (χ1n) is 2.24. The first kappa shape index (κ1) is 9.61. The van der Waals surface area contributed by atoms with Crippen molar-refractivity contribution in [1.82, 2.24) is 0 Å². The maximum atomic E-state index is 11.7. The van der Waals surface area contributed by atoms with Gasteiger partial charge >= 0.3 is 6.18 Å². The van der Waals surface area contributed by atoms with Crippen molar-refractivity contribution in [2.45, 2.75) is 6.18 Å². The van der Waals surface area contributed by atoms with Crippen molar-refractivity contribution >= 4 is 16.8 Å². The summed E-state index contributed by atoms with van der Waals surface area (Å²) in [5, 5.41) is 1.79. The SMILES string of the molecule is CO/N=C(\SC)C(F)(F)F. The van der Waals surface area contributed by atoms with E-state index in [0.717, 1.165) is 7.11 Å². The van der Waals surface area contributed by atoms with E-state index in [2.05, 4.69) is 9.99 Å². The molecule has 0 saturated heterocycles. The van der Waals surface area contributed by atoms with Gasteiger partial charge in [0, 0.05) is 0 Å². The van der Waals surface area contributed by atoms with Crippen LogP contribution in [0.3, 0.4) is 0 Å². The summed E-state index contributed by atoms with van der Waals surface area (Å²) in [6.45, 7) is 0. The van der Waals surface area contributed by atoms with Crippen LogP contribution in [0.5, 0.6) is 0 Å². The first-order valence-corrected chi connectivity index (χ1v) is 3.47. The Bertz CT molecular complexity index is 133. The third-order valence-corrected chi connectivity index (χ3v) is 1.30. The van der Waals surface area contributed by atoms with Crippen molar-refractivity contribution in [2.24, 2.45) is 5.16 Å². The van der Waals surface area contributed by atoms with Gasteiger partial charge in [0.25, 0.3) is 0 Å². The van der Waals surface area contributed by atoms with E-state index in [4.69, 9.17) is 0 Å². The van der Waals surface area contributed by atoms with Crippen molar-refractivity contribution in [3.63, 3.8) is 0 Å². The fraction of sp³-hybridized carbons (Fsp3) is 0.750. The normalized spacial score (nSPS) is 13.5. The molecule has 0 aromatic rings. The highest BCUT2D eigenvalue weighted by atomic mass is 32.2. The molecule has 0 rings (SSSR count). The van der Waals surface area contributed by atoms with Crippen LogP contribution >= 0.6 is 11.8 Å². The molecule has 0 aliphatic carbocycles. The topological polar surface area (TPSA) is 21.6 Å². The molecule has 0 radical (unpaired) electrons. The van der Waals surface area contributed by atoms with E-state index in [0.29, 0.717) is 11.8 Å². The number of hydrogen-bond acceptors (Lipinski definition) is 3. The predicted molar refractivity (Wildman–Crippen MR) is 34.0 cm³/mol. The summed E-state index contributed by atoms with van der Waals surface area (Å²) >= 11 is 0.501. The molecule has 2 nitrogen and oxygen atoms in total. The van der Waals surface area contributed by atoms with E-state index < -0.39 is 11.2 Å². The Balaban J connectivity index is 4.21. The van der Waals surface area contributed by atoms with Crippen LogP contribution in [-0.2, 0) is 4.84 Å². The number of hydrogen-bond donors (Lipinski definition) is 0. The average molecular weight is 173 g/mol. The molecular formula is C4H6F3NOS. The summed E-state index contributed by atoms with van der Waals surface area (Å²) in [5.41, 5.74) is 0. The van der Waals surface area contributed by atoms with Crippen LogP contribution in [0.4, 0.5) is 13.2 Å². The summed E-state index contributed by atoms with van der Waals surface area (Å²) in [5.74, 6) is 0. The molecule has 0 fully saturated rings. The van der Waals surface area contributed by atoms with Gasteiger partial charge in [0.2, 0.25) is 5.04 Å². The highest BCUT2D eigenvalue weighted by Gasteiger charge is 2.36. The van der Waals surface area contributed by atoms with Gasteiger partial charge in [-0.2, -0.15) is 13.2 Å². The van der Waals surface area contributed by atoms with Crippen LogP contribution in [-0.4, -0.2) is 24.6 Å². The second kappa shape index (κ2) is 3.70. The molecule has 0 unspecified atom stereocenters. The second-order valence-electron chi connectivity index (χ2n) is 1.28. The molecule has 10 heavy (non-hydrogen) atoms. The van der Waals surface area contributed by atoms with Crippen LogP contribution in [0, 0.1) is 0 Å². The molecular weight excluding hydrogens is 167 g/mol. The maximum Gasteiger partial charge on any atom is 0.442 e. The zero-order chi connectivity index (χ0) is 8.20. The Hall–Kier alpha value is -0.390. The van der Waals surface area contributed by atoms with Crippen LogP contribution < -0.4 is 0 Å². The standard InChI is InChI=1S/C4H6F3NOS/c1-9-8-3(10-2)4(5,6)7/h1-2H3/b8-3-. The van der Waals surface area contributed by atoms with Gasteiger partial charge in [-0.15, -0.1) is 11.8 Å². The molecule has 0 aliphatic heterocycles. The van der Waals surface area contributed by atoms with Gasteiger partial charge in [-0.3, -0.25) is 0 Å². The Morgan fingerprint density at radius 2 is 2.00 bits per heavy atom. The van der Waals surface area contributed by atoms with Crippen molar-refractivity contribution in [3.05, 3.63) is 0 Å². The van der Waals surface area contributed by atoms with Gasteiger partial charge in [-0.25, -0.2) is 0 Å². The zero-order valence-electron chi connectivity index (χ0n) is 5.40. The number of thioether (sulfide) groups is 1. The lowest BCUT2D eigenvalue weighted by Gasteiger charge is -2.04. The molecule has 0 bridgehead atoms. The Morgan fingerprint density at radius 1 is 1.50 bits per heavy atom. The quantitative estimate of drug-likeness (QED) is 0.343. The molecule has 0 saturated carbocycles. The van der Waals surface area contributed by atoms with Crippen LogP contribution in [0.25, 0.3) is 0 Å². The largest absolute Gasteiger partial charge is 0.442 e. The summed E-state index contributed by atoms with van der Waals surface area (Å²) < 4.78 is 35.0. The van der Waals surface area contributed by atoms with E-state index in [9.17, 15) is 13.2 Å². The van der Waals surface area contributed by atoms with Gasteiger partial charge in [0.15, 0.2) is 0 Å². The van der Waals surface area contributed by atoms with E-state index >= 15 is 0 Å². The molecule has 0 aromatic carbocycles. The lowest BCUT2D eigenvalue weighted by molar-refractivity contribution is -0.0579. The average Bonchev–Trinajstić information content (AvgIpc) is 1.80. The van der Waals surface area contributed by atoms with Crippen molar-refractivity contribution in [1.29, 1.82) is 0 Å². The lowest BCUT2D eigenvalue weighted by atomic mass is 10.7. The predicted octanol–water partition coefficient (Wildman–Crippen LogP) is 1.87. The molecule has 0 aliphatic rings. The summed E-state index contributed by atoms with van der Waals surface area (Å²) in [6, 6.07) is 0. The molecule has 0 atom stereocenters. The van der Waals surface area contributed by atoms with Crippen molar-refractivity contribution in [2.75, 3.05) is 13.4 Å². The van der Waals surface area contributed by atoms with E-state index in [1.165, 1.54) is 6.26 Å². The molecule has 0 heterocycles. The Labute approximate surface area is 60.4 Å². The van der Waals surface area contributed by atoms with E-state index in [-0.39, 0.29) is 0 Å². The van der Waals surface area contributed by atoms with Crippen LogP contribution in [0.1, 0.15) is 0 Å². The van der Waals surface area contributed by atoms with E-state index in [1.54, 1.807) is 0 Å². The van der Waals surface area contributed by atoms with Crippen LogP contribution in [0.15, 0.2) is 5.16 Å². The smallest absolute Gasteiger partial charge is 0.398 e. The minimum atomic E-state index is -4.39. The fourth-order valence-electron chi connectivity index (χ4n) is 0.288. The highest BCUT2D eigenvalue weighted by Crippen LogP contribution is 2.23. The fourth-order valence-corrected chi connectivity index (χ4v) is 0.668. The molecule has 0 spiro atoms. The number of nitrogens with zero attached hydrogens (tertiary/aromatic N) is 1. The molecule has 0 amide bonds. The first-order chi connectivity index (χ1) is 4.52. The monoisotopic (exact) mass is 173 g/mol. The number of rotatable bonds is 1. The summed E-state index contributed by atoms with van der Waals surface area (Å²) in [6.07, 6.45) is -3.11. The minimum absolute atomic E-state index is 0.501. The van der Waals surface area contributed by atoms with E-state index in [1.807, 2.05) is 0 Å². The Morgan fingerprint density at radius 3 is 2.10 bits per heavy atom. The molecule has 6 heteroatoms. The summed E-state index contributed by atoms with van der Waals surface area (Å²) in [7, 11) is 1.07. The minimum Gasteiger partial charge on any atom is -0.398 e. The van der Waals surface area contributed by atoms with Gasteiger partial charge in [-0.1, -0.05) is 5.16 Å². The Kier molecular flexibility index (Phi) is 3.55. The molecule has 60 valence electrons. The van der Waals surface area contributed by atoms with Gasteiger partial charge in [-0.05, 0) is 6.26 Å². The number of halogens is 3. The van der Waals surface area contributed by atoms with Crippen molar-refractivity contribution in [3.8, 4) is 0 Å². The number of oxime groups is 1. The highest BCUT2D eigenvalue weighted by molar-refractivity contribution is 8.13. The second-order valence-corrected chi connectivity index (χ2v) is 2.08. The molecule has 0 N–H and O–H groups in total. The van der Waals surface area contributed by atoms with Gasteiger partial charge < -0.3 is 4.84 Å². The van der Waals surface area contributed by atoms with Crippen molar-refractivity contribution < 1.29 is 18.0 Å². The number of alkyl halides is 3. The zero-order valence-corrected chi connectivity index (χ0v) is 6.21. The van der Waals surface area contributed by atoms with Gasteiger partial charge in [0.1, 0.15) is 7.11 Å².